The number of benzene rings is 1. The first-order valence-corrected chi connectivity index (χ1v) is 7.02. The highest BCUT2D eigenvalue weighted by Gasteiger charge is 2.36. The molecule has 1 heterocycles. The Balaban J connectivity index is 2.09. The highest BCUT2D eigenvalue weighted by Crippen LogP contribution is 2.33. The van der Waals surface area contributed by atoms with Gasteiger partial charge >= 0.3 is 0 Å². The number of hydrogen-bond donors (Lipinski definition) is 1. The van der Waals surface area contributed by atoms with E-state index in [0.29, 0.717) is 5.71 Å². The van der Waals surface area contributed by atoms with Gasteiger partial charge in [0.2, 0.25) is 0 Å². The third-order valence-corrected chi connectivity index (χ3v) is 3.32. The standard InChI is InChI=1S/C16H22N2O3/c1-10-13(15(19)17-16(2,3)4)18-21-14(10)11-6-8-12(20-5)9-7-11/h6-10,14H,1-5H3,(H,17,19)/t10-,14-/m0/s1. The molecule has 21 heavy (non-hydrogen) atoms. The van der Waals surface area contributed by atoms with E-state index >= 15 is 0 Å². The SMILES string of the molecule is COc1ccc([C@H]2ON=C(C(=O)NC(C)(C)C)[C@@H]2C)cc1. The summed E-state index contributed by atoms with van der Waals surface area (Å²) in [5, 5.41) is 6.89. The molecule has 1 aliphatic rings. The molecule has 0 radical (unpaired) electrons. The fraction of sp³-hybridized carbons (Fsp3) is 0.500. The summed E-state index contributed by atoms with van der Waals surface area (Å²) in [7, 11) is 1.63. The summed E-state index contributed by atoms with van der Waals surface area (Å²) in [4.78, 5) is 17.7. The van der Waals surface area contributed by atoms with E-state index in [1.54, 1.807) is 7.11 Å². The molecule has 0 fully saturated rings. The van der Waals surface area contributed by atoms with Gasteiger partial charge in [0.25, 0.3) is 5.91 Å². The van der Waals surface area contributed by atoms with E-state index in [4.69, 9.17) is 9.57 Å². The van der Waals surface area contributed by atoms with Gasteiger partial charge in [-0.15, -0.1) is 0 Å². The molecule has 0 aromatic heterocycles. The molecule has 0 spiro atoms. The van der Waals surface area contributed by atoms with Crippen molar-refractivity contribution in [2.24, 2.45) is 11.1 Å². The van der Waals surface area contributed by atoms with Crippen LogP contribution in [0.5, 0.6) is 5.75 Å². The summed E-state index contributed by atoms with van der Waals surface area (Å²) in [6.45, 7) is 7.76. The third-order valence-electron chi connectivity index (χ3n) is 3.32. The largest absolute Gasteiger partial charge is 0.497 e. The maximum Gasteiger partial charge on any atom is 0.269 e. The van der Waals surface area contributed by atoms with Gasteiger partial charge in [0.15, 0.2) is 11.8 Å². The molecule has 5 heteroatoms. The first kappa shape index (κ1) is 15.4. The fourth-order valence-electron chi connectivity index (χ4n) is 2.23. The summed E-state index contributed by atoms with van der Waals surface area (Å²) in [6.07, 6.45) is -0.239. The first-order valence-electron chi connectivity index (χ1n) is 7.02. The number of methoxy groups -OCH3 is 1. The Kier molecular flexibility index (Phi) is 4.21. The van der Waals surface area contributed by atoms with E-state index in [-0.39, 0.29) is 23.5 Å². The fourth-order valence-corrected chi connectivity index (χ4v) is 2.23. The van der Waals surface area contributed by atoms with Crippen LogP contribution in [0.3, 0.4) is 0 Å². The molecule has 1 N–H and O–H groups in total. The Bertz CT molecular complexity index is 544. The van der Waals surface area contributed by atoms with Crippen molar-refractivity contribution in [3.8, 4) is 5.75 Å². The van der Waals surface area contributed by atoms with Crippen LogP contribution in [0.2, 0.25) is 0 Å². The Morgan fingerprint density at radius 3 is 2.43 bits per heavy atom. The third kappa shape index (κ3) is 3.54. The molecule has 1 aromatic carbocycles. The molecule has 2 atom stereocenters. The van der Waals surface area contributed by atoms with Gasteiger partial charge in [-0.3, -0.25) is 4.79 Å². The molecule has 0 saturated carbocycles. The van der Waals surface area contributed by atoms with Crippen molar-refractivity contribution < 1.29 is 14.4 Å². The Morgan fingerprint density at radius 2 is 1.90 bits per heavy atom. The average molecular weight is 290 g/mol. The van der Waals surface area contributed by atoms with E-state index in [0.717, 1.165) is 11.3 Å². The van der Waals surface area contributed by atoms with Gasteiger partial charge in [0.1, 0.15) is 5.75 Å². The minimum absolute atomic E-state index is 0.0965. The lowest BCUT2D eigenvalue weighted by atomic mass is 9.93. The molecule has 5 nitrogen and oxygen atoms in total. The molecule has 0 unspecified atom stereocenters. The molecule has 0 aliphatic carbocycles. The van der Waals surface area contributed by atoms with Crippen LogP contribution in [-0.2, 0) is 9.63 Å². The number of amides is 1. The molecular formula is C16H22N2O3. The maximum atomic E-state index is 12.2. The number of oxime groups is 1. The quantitative estimate of drug-likeness (QED) is 0.931. The van der Waals surface area contributed by atoms with Crippen molar-refractivity contribution in [2.45, 2.75) is 39.3 Å². The van der Waals surface area contributed by atoms with Crippen molar-refractivity contribution >= 4 is 11.6 Å². The van der Waals surface area contributed by atoms with Gasteiger partial charge in [-0.25, -0.2) is 0 Å². The molecule has 1 aromatic rings. The van der Waals surface area contributed by atoms with Gasteiger partial charge < -0.3 is 14.9 Å². The van der Waals surface area contributed by atoms with E-state index in [1.807, 2.05) is 52.0 Å². The van der Waals surface area contributed by atoms with E-state index in [9.17, 15) is 4.79 Å². The van der Waals surface area contributed by atoms with Gasteiger partial charge in [-0.1, -0.05) is 24.2 Å². The number of nitrogens with one attached hydrogen (secondary N) is 1. The Hall–Kier alpha value is -2.04. The number of ether oxygens (including phenoxy) is 1. The van der Waals surface area contributed by atoms with E-state index in [2.05, 4.69) is 10.5 Å². The number of rotatable bonds is 3. The van der Waals surface area contributed by atoms with Gasteiger partial charge in [-0.05, 0) is 38.5 Å². The monoisotopic (exact) mass is 290 g/mol. The van der Waals surface area contributed by atoms with Crippen LogP contribution in [0.25, 0.3) is 0 Å². The molecule has 1 amide bonds. The minimum Gasteiger partial charge on any atom is -0.497 e. The maximum absolute atomic E-state index is 12.2. The van der Waals surface area contributed by atoms with Crippen LogP contribution in [-0.4, -0.2) is 24.3 Å². The topological polar surface area (TPSA) is 59.9 Å². The van der Waals surface area contributed by atoms with Crippen molar-refractivity contribution in [2.75, 3.05) is 7.11 Å². The van der Waals surface area contributed by atoms with Crippen molar-refractivity contribution in [3.05, 3.63) is 29.8 Å². The molecule has 114 valence electrons. The second-order valence-corrected chi connectivity index (χ2v) is 6.27. The lowest BCUT2D eigenvalue weighted by Gasteiger charge is -2.21. The second kappa shape index (κ2) is 5.76. The van der Waals surface area contributed by atoms with Gasteiger partial charge in [0, 0.05) is 5.54 Å². The predicted molar refractivity (Wildman–Crippen MR) is 81.3 cm³/mol. The van der Waals surface area contributed by atoms with E-state index in [1.165, 1.54) is 0 Å². The summed E-state index contributed by atoms with van der Waals surface area (Å²) < 4.78 is 5.14. The smallest absolute Gasteiger partial charge is 0.269 e. The van der Waals surface area contributed by atoms with Crippen LogP contribution in [0.1, 0.15) is 39.4 Å². The van der Waals surface area contributed by atoms with Crippen LogP contribution in [0.4, 0.5) is 0 Å². The summed E-state index contributed by atoms with van der Waals surface area (Å²) >= 11 is 0. The average Bonchev–Trinajstić information content (AvgIpc) is 2.79. The zero-order valence-electron chi connectivity index (χ0n) is 13.1. The number of nitrogens with zero attached hydrogens (tertiary/aromatic N) is 1. The van der Waals surface area contributed by atoms with Crippen molar-refractivity contribution in [1.29, 1.82) is 0 Å². The summed E-state index contributed by atoms with van der Waals surface area (Å²) in [5.74, 6) is 0.516. The van der Waals surface area contributed by atoms with Crippen LogP contribution < -0.4 is 10.1 Å². The van der Waals surface area contributed by atoms with Crippen LogP contribution in [0.15, 0.2) is 29.4 Å². The lowest BCUT2D eigenvalue weighted by molar-refractivity contribution is -0.116. The lowest BCUT2D eigenvalue weighted by Crippen LogP contribution is -2.45. The second-order valence-electron chi connectivity index (χ2n) is 6.27. The highest BCUT2D eigenvalue weighted by molar-refractivity contribution is 6.40. The van der Waals surface area contributed by atoms with Crippen molar-refractivity contribution in [3.63, 3.8) is 0 Å². The normalized spacial score (nSPS) is 21.5. The molecule has 2 rings (SSSR count). The summed E-state index contributed by atoms with van der Waals surface area (Å²) in [6, 6.07) is 7.61. The van der Waals surface area contributed by atoms with Crippen LogP contribution in [0, 0.1) is 5.92 Å². The van der Waals surface area contributed by atoms with Gasteiger partial charge in [0.05, 0.1) is 13.0 Å². The Labute approximate surface area is 125 Å². The highest BCUT2D eigenvalue weighted by atomic mass is 16.6. The molecular weight excluding hydrogens is 268 g/mol. The molecule has 1 aliphatic heterocycles. The zero-order valence-corrected chi connectivity index (χ0v) is 13.1. The van der Waals surface area contributed by atoms with E-state index < -0.39 is 0 Å². The number of carbonyl (C=O) groups excluding carboxylic acids is 1. The Morgan fingerprint density at radius 1 is 1.29 bits per heavy atom. The van der Waals surface area contributed by atoms with Crippen LogP contribution >= 0.6 is 0 Å². The summed E-state index contributed by atoms with van der Waals surface area (Å²) in [5.41, 5.74) is 1.12. The number of hydrogen-bond acceptors (Lipinski definition) is 4. The predicted octanol–water partition coefficient (Wildman–Crippen LogP) is 2.67. The zero-order chi connectivity index (χ0) is 15.6. The molecule has 0 bridgehead atoms. The minimum atomic E-state index is -0.294. The molecule has 0 saturated heterocycles. The first-order chi connectivity index (χ1) is 9.81. The number of carbonyl (C=O) groups is 1. The van der Waals surface area contributed by atoms with Crippen molar-refractivity contribution in [1.82, 2.24) is 5.32 Å². The van der Waals surface area contributed by atoms with Gasteiger partial charge in [-0.2, -0.15) is 0 Å².